The molecule has 1 aliphatic rings. The summed E-state index contributed by atoms with van der Waals surface area (Å²) in [6, 6.07) is 12.3. The molecule has 0 aliphatic carbocycles. The predicted molar refractivity (Wildman–Crippen MR) is 91.7 cm³/mol. The summed E-state index contributed by atoms with van der Waals surface area (Å²) in [5.41, 5.74) is 3.83. The number of rotatable bonds is 5. The number of aromatic nitrogens is 1. The normalized spacial score (nSPS) is 14.6. The highest BCUT2D eigenvalue weighted by Gasteiger charge is 2.14. The molecule has 1 N–H and O–H groups in total. The van der Waals surface area contributed by atoms with Crippen molar-refractivity contribution in [2.45, 2.75) is 13.0 Å². The summed E-state index contributed by atoms with van der Waals surface area (Å²) < 4.78 is 0. The average molecular weight is 307 g/mol. The molecule has 0 bridgehead atoms. The van der Waals surface area contributed by atoms with Gasteiger partial charge in [0.2, 0.25) is 5.91 Å². The van der Waals surface area contributed by atoms with Gasteiger partial charge in [0, 0.05) is 44.6 Å². The molecule has 0 saturated carbocycles. The maximum atomic E-state index is 11.8. The van der Waals surface area contributed by atoms with Crippen molar-refractivity contribution in [3.05, 3.63) is 71.6 Å². The van der Waals surface area contributed by atoms with Crippen molar-refractivity contribution in [1.29, 1.82) is 0 Å². The fourth-order valence-corrected chi connectivity index (χ4v) is 2.79. The lowest BCUT2D eigenvalue weighted by atomic mass is 10.00. The minimum Gasteiger partial charge on any atom is -0.351 e. The van der Waals surface area contributed by atoms with Gasteiger partial charge in [-0.1, -0.05) is 24.3 Å². The van der Waals surface area contributed by atoms with Crippen LogP contribution in [0.15, 0.2) is 54.9 Å². The third kappa shape index (κ3) is 4.50. The number of hydrogen-bond donors (Lipinski definition) is 1. The van der Waals surface area contributed by atoms with Gasteiger partial charge < -0.3 is 5.32 Å². The third-order valence-corrected chi connectivity index (χ3v) is 4.07. The van der Waals surface area contributed by atoms with E-state index >= 15 is 0 Å². The van der Waals surface area contributed by atoms with Crippen LogP contribution >= 0.6 is 0 Å². The van der Waals surface area contributed by atoms with Crippen molar-refractivity contribution < 1.29 is 4.79 Å². The number of hydrogen-bond acceptors (Lipinski definition) is 3. The third-order valence-electron chi connectivity index (χ3n) is 4.07. The largest absolute Gasteiger partial charge is 0.351 e. The number of pyridine rings is 1. The Labute approximate surface area is 136 Å². The molecule has 118 valence electrons. The topological polar surface area (TPSA) is 45.2 Å². The van der Waals surface area contributed by atoms with Gasteiger partial charge in [0.15, 0.2) is 0 Å². The van der Waals surface area contributed by atoms with E-state index < -0.39 is 0 Å². The van der Waals surface area contributed by atoms with Gasteiger partial charge in [0.1, 0.15) is 0 Å². The molecule has 2 aromatic rings. The van der Waals surface area contributed by atoms with Crippen LogP contribution in [0.25, 0.3) is 6.08 Å². The maximum Gasteiger partial charge on any atom is 0.244 e. The molecule has 0 spiro atoms. The Bertz CT molecular complexity index is 682. The fourth-order valence-electron chi connectivity index (χ4n) is 2.79. The first-order chi connectivity index (χ1) is 11.3. The van der Waals surface area contributed by atoms with Gasteiger partial charge in [0.05, 0.1) is 0 Å². The van der Waals surface area contributed by atoms with Crippen LogP contribution in [-0.4, -0.2) is 35.4 Å². The molecule has 3 rings (SSSR count). The predicted octanol–water partition coefficient (Wildman–Crippen LogP) is 2.27. The molecule has 0 atom stereocenters. The summed E-state index contributed by atoms with van der Waals surface area (Å²) in [6.45, 7) is 3.57. The summed E-state index contributed by atoms with van der Waals surface area (Å²) in [7, 11) is 0. The van der Waals surface area contributed by atoms with Crippen molar-refractivity contribution in [2.24, 2.45) is 0 Å². The van der Waals surface area contributed by atoms with Crippen molar-refractivity contribution in [2.75, 3.05) is 19.6 Å². The molecule has 0 radical (unpaired) electrons. The minimum atomic E-state index is -0.0563. The SMILES string of the molecule is O=C(/C=C/c1ccncc1)NCCN1CCc2ccccc2C1. The van der Waals surface area contributed by atoms with E-state index in [9.17, 15) is 4.79 Å². The van der Waals surface area contributed by atoms with Gasteiger partial charge in [0.25, 0.3) is 0 Å². The molecule has 0 fully saturated rings. The number of carbonyl (C=O) groups excluding carboxylic acids is 1. The highest BCUT2D eigenvalue weighted by atomic mass is 16.1. The van der Waals surface area contributed by atoms with Gasteiger partial charge >= 0.3 is 0 Å². The first-order valence-corrected chi connectivity index (χ1v) is 7.96. The molecule has 4 nitrogen and oxygen atoms in total. The Balaban J connectivity index is 1.42. The zero-order chi connectivity index (χ0) is 15.9. The van der Waals surface area contributed by atoms with E-state index in [-0.39, 0.29) is 5.91 Å². The summed E-state index contributed by atoms with van der Waals surface area (Å²) in [4.78, 5) is 18.2. The number of nitrogens with one attached hydrogen (secondary N) is 1. The summed E-state index contributed by atoms with van der Waals surface area (Å²) >= 11 is 0. The summed E-state index contributed by atoms with van der Waals surface area (Å²) in [5.74, 6) is -0.0563. The zero-order valence-electron chi connectivity index (χ0n) is 13.1. The van der Waals surface area contributed by atoms with Crippen LogP contribution in [0.5, 0.6) is 0 Å². The van der Waals surface area contributed by atoms with Crippen LogP contribution in [-0.2, 0) is 17.8 Å². The van der Waals surface area contributed by atoms with E-state index in [1.54, 1.807) is 24.5 Å². The van der Waals surface area contributed by atoms with Gasteiger partial charge in [-0.05, 0) is 41.3 Å². The second kappa shape index (κ2) is 7.70. The van der Waals surface area contributed by atoms with Crippen molar-refractivity contribution in [1.82, 2.24) is 15.2 Å². The molecule has 0 unspecified atom stereocenters. The Morgan fingerprint density at radius 3 is 2.78 bits per heavy atom. The lowest BCUT2D eigenvalue weighted by Gasteiger charge is -2.28. The maximum absolute atomic E-state index is 11.8. The van der Waals surface area contributed by atoms with E-state index in [0.717, 1.165) is 31.6 Å². The van der Waals surface area contributed by atoms with Crippen molar-refractivity contribution in [3.63, 3.8) is 0 Å². The van der Waals surface area contributed by atoms with E-state index in [0.29, 0.717) is 6.54 Å². The minimum absolute atomic E-state index is 0.0563. The monoisotopic (exact) mass is 307 g/mol. The van der Waals surface area contributed by atoms with Gasteiger partial charge in [-0.3, -0.25) is 14.7 Å². The van der Waals surface area contributed by atoms with Crippen LogP contribution in [0.1, 0.15) is 16.7 Å². The van der Waals surface area contributed by atoms with E-state index in [2.05, 4.69) is 39.5 Å². The highest BCUT2D eigenvalue weighted by molar-refractivity contribution is 5.91. The zero-order valence-corrected chi connectivity index (χ0v) is 13.1. The van der Waals surface area contributed by atoms with Crippen LogP contribution in [0.3, 0.4) is 0 Å². The molecular formula is C19H21N3O. The van der Waals surface area contributed by atoms with Gasteiger partial charge in [-0.25, -0.2) is 0 Å². The molecule has 0 saturated heterocycles. The van der Waals surface area contributed by atoms with Crippen LogP contribution < -0.4 is 5.32 Å². The lowest BCUT2D eigenvalue weighted by Crippen LogP contribution is -2.37. The molecule has 4 heteroatoms. The second-order valence-electron chi connectivity index (χ2n) is 5.70. The summed E-state index contributed by atoms with van der Waals surface area (Å²) in [6.07, 6.45) is 7.89. The molecule has 1 aromatic carbocycles. The van der Waals surface area contributed by atoms with Crippen LogP contribution in [0.2, 0.25) is 0 Å². The van der Waals surface area contributed by atoms with E-state index in [1.807, 2.05) is 12.1 Å². The van der Waals surface area contributed by atoms with E-state index in [4.69, 9.17) is 0 Å². The number of benzene rings is 1. The Hall–Kier alpha value is -2.46. The number of carbonyl (C=O) groups is 1. The second-order valence-corrected chi connectivity index (χ2v) is 5.70. The van der Waals surface area contributed by atoms with Gasteiger partial charge in [-0.15, -0.1) is 0 Å². The molecule has 1 aliphatic heterocycles. The average Bonchev–Trinajstić information content (AvgIpc) is 2.61. The lowest BCUT2D eigenvalue weighted by molar-refractivity contribution is -0.116. The van der Waals surface area contributed by atoms with Crippen molar-refractivity contribution >= 4 is 12.0 Å². The number of fused-ring (bicyclic) bond motifs is 1. The standard InChI is InChI=1S/C19H21N3O/c23-19(6-5-16-7-10-20-11-8-16)21-12-14-22-13-9-17-3-1-2-4-18(17)15-22/h1-8,10-11H,9,12-15H2,(H,21,23)/b6-5+. The molecule has 1 aromatic heterocycles. The molecule has 1 amide bonds. The number of nitrogens with zero attached hydrogens (tertiary/aromatic N) is 2. The molecule has 2 heterocycles. The summed E-state index contributed by atoms with van der Waals surface area (Å²) in [5, 5.41) is 2.94. The smallest absolute Gasteiger partial charge is 0.244 e. The fraction of sp³-hybridized carbons (Fsp3) is 0.263. The van der Waals surface area contributed by atoms with Crippen molar-refractivity contribution in [3.8, 4) is 0 Å². The first-order valence-electron chi connectivity index (χ1n) is 7.96. The van der Waals surface area contributed by atoms with Gasteiger partial charge in [-0.2, -0.15) is 0 Å². The molecule has 23 heavy (non-hydrogen) atoms. The Kier molecular flexibility index (Phi) is 5.17. The highest BCUT2D eigenvalue weighted by Crippen LogP contribution is 2.17. The Morgan fingerprint density at radius 1 is 1.17 bits per heavy atom. The molecular weight excluding hydrogens is 286 g/mol. The van der Waals surface area contributed by atoms with Crippen LogP contribution in [0.4, 0.5) is 0 Å². The Morgan fingerprint density at radius 2 is 1.96 bits per heavy atom. The van der Waals surface area contributed by atoms with E-state index in [1.165, 1.54) is 11.1 Å². The first kappa shape index (κ1) is 15.4. The van der Waals surface area contributed by atoms with Crippen LogP contribution in [0, 0.1) is 0 Å². The number of amides is 1. The quantitative estimate of drug-likeness (QED) is 0.862.